The van der Waals surface area contributed by atoms with Gasteiger partial charge < -0.3 is 10.6 Å². The van der Waals surface area contributed by atoms with Gasteiger partial charge in [0.25, 0.3) is 0 Å². The summed E-state index contributed by atoms with van der Waals surface area (Å²) in [5.41, 5.74) is 6.91. The Hall–Kier alpha value is -1.46. The van der Waals surface area contributed by atoms with Crippen LogP contribution in [0.1, 0.15) is 31.2 Å². The normalized spacial score (nSPS) is 12.6. The molecule has 0 saturated carbocycles. The van der Waals surface area contributed by atoms with Gasteiger partial charge in [-0.1, -0.05) is 31.9 Å². The molecule has 0 fully saturated rings. The van der Waals surface area contributed by atoms with E-state index in [1.54, 1.807) is 23.3 Å². The van der Waals surface area contributed by atoms with Crippen LogP contribution in [0.25, 0.3) is 10.2 Å². The molecule has 4 nitrogen and oxygen atoms in total. The summed E-state index contributed by atoms with van der Waals surface area (Å²) in [5.74, 6) is -0.00212. The van der Waals surface area contributed by atoms with Gasteiger partial charge in [-0.2, -0.15) is 0 Å². The van der Waals surface area contributed by atoms with Crippen LogP contribution in [0.4, 0.5) is 0 Å². The first-order chi connectivity index (χ1) is 9.61. The molecule has 2 aromatic rings. The molecular weight excluding hydrogens is 270 g/mol. The van der Waals surface area contributed by atoms with Crippen molar-refractivity contribution in [1.29, 1.82) is 0 Å². The van der Waals surface area contributed by atoms with Gasteiger partial charge in [-0.25, -0.2) is 4.98 Å². The number of amides is 1. The number of benzene rings is 1. The van der Waals surface area contributed by atoms with E-state index in [0.29, 0.717) is 6.54 Å². The van der Waals surface area contributed by atoms with Gasteiger partial charge in [0.15, 0.2) is 0 Å². The zero-order valence-corrected chi connectivity index (χ0v) is 12.8. The Morgan fingerprint density at radius 1 is 1.45 bits per heavy atom. The lowest BCUT2D eigenvalue weighted by molar-refractivity contribution is -0.132. The lowest BCUT2D eigenvalue weighted by Gasteiger charge is -2.20. The van der Waals surface area contributed by atoms with Crippen LogP contribution in [0, 0.1) is 0 Å². The Morgan fingerprint density at radius 3 is 2.90 bits per heavy atom. The Balaban J connectivity index is 1.99. The summed E-state index contributed by atoms with van der Waals surface area (Å²) in [6, 6.07) is 7.62. The zero-order valence-electron chi connectivity index (χ0n) is 12.0. The first kappa shape index (κ1) is 14.9. The third-order valence-corrected chi connectivity index (χ3v) is 4.29. The summed E-state index contributed by atoms with van der Waals surface area (Å²) in [5, 5.41) is 0.949. The highest BCUT2D eigenvalue weighted by atomic mass is 32.1. The van der Waals surface area contributed by atoms with Crippen molar-refractivity contribution in [2.75, 3.05) is 7.05 Å². The summed E-state index contributed by atoms with van der Waals surface area (Å²) >= 11 is 1.63. The van der Waals surface area contributed by atoms with Gasteiger partial charge in [-0.05, 0) is 18.6 Å². The minimum Gasteiger partial charge on any atom is -0.338 e. The predicted octanol–water partition coefficient (Wildman–Crippen LogP) is 2.77. The molecule has 1 heterocycles. The number of rotatable bonds is 6. The molecule has 2 rings (SSSR count). The molecule has 1 aromatic heterocycles. The van der Waals surface area contributed by atoms with E-state index in [1.807, 2.05) is 24.3 Å². The highest BCUT2D eigenvalue weighted by Crippen LogP contribution is 2.22. The summed E-state index contributed by atoms with van der Waals surface area (Å²) in [6.07, 6.45) is 2.80. The number of hydrogen-bond donors (Lipinski definition) is 1. The summed E-state index contributed by atoms with van der Waals surface area (Å²) in [7, 11) is 1.79. The molecule has 0 saturated heterocycles. The van der Waals surface area contributed by atoms with Gasteiger partial charge >= 0.3 is 0 Å². The number of carbonyl (C=O) groups is 1. The van der Waals surface area contributed by atoms with Gasteiger partial charge in [0.1, 0.15) is 5.01 Å². The van der Waals surface area contributed by atoms with Gasteiger partial charge in [0, 0.05) is 7.05 Å². The summed E-state index contributed by atoms with van der Waals surface area (Å²) in [6.45, 7) is 2.63. The van der Waals surface area contributed by atoms with E-state index >= 15 is 0 Å². The third kappa shape index (κ3) is 3.55. The van der Waals surface area contributed by atoms with Crippen LogP contribution in [0.3, 0.4) is 0 Å². The zero-order chi connectivity index (χ0) is 14.5. The molecule has 1 amide bonds. The SMILES string of the molecule is CCCCC(N)C(=O)N(C)Cc1nc2ccccc2s1. The average molecular weight is 291 g/mol. The van der Waals surface area contributed by atoms with Crippen molar-refractivity contribution in [2.24, 2.45) is 5.73 Å². The molecule has 1 unspecified atom stereocenters. The first-order valence-corrected chi connectivity index (χ1v) is 7.78. The number of unbranched alkanes of at least 4 members (excludes halogenated alkanes) is 1. The molecule has 0 aliphatic heterocycles. The fourth-order valence-corrected chi connectivity index (χ4v) is 3.12. The Morgan fingerprint density at radius 2 is 2.20 bits per heavy atom. The number of likely N-dealkylation sites (N-methyl/N-ethyl adjacent to an activating group) is 1. The molecule has 0 aliphatic carbocycles. The van der Waals surface area contributed by atoms with E-state index in [4.69, 9.17) is 5.73 Å². The van der Waals surface area contributed by atoms with Gasteiger partial charge in [-0.3, -0.25) is 4.79 Å². The van der Waals surface area contributed by atoms with Crippen molar-refractivity contribution in [1.82, 2.24) is 9.88 Å². The lowest BCUT2D eigenvalue weighted by Crippen LogP contribution is -2.41. The van der Waals surface area contributed by atoms with Crippen LogP contribution < -0.4 is 5.73 Å². The van der Waals surface area contributed by atoms with Crippen molar-refractivity contribution in [3.63, 3.8) is 0 Å². The van der Waals surface area contributed by atoms with Crippen LogP contribution in [0.5, 0.6) is 0 Å². The van der Waals surface area contributed by atoms with Gasteiger partial charge in [-0.15, -0.1) is 11.3 Å². The first-order valence-electron chi connectivity index (χ1n) is 6.96. The number of para-hydroxylation sites is 1. The van der Waals surface area contributed by atoms with E-state index < -0.39 is 6.04 Å². The number of fused-ring (bicyclic) bond motifs is 1. The van der Waals surface area contributed by atoms with E-state index in [1.165, 1.54) is 0 Å². The second-order valence-corrected chi connectivity index (χ2v) is 6.13. The maximum absolute atomic E-state index is 12.1. The molecule has 5 heteroatoms. The highest BCUT2D eigenvalue weighted by Gasteiger charge is 2.18. The number of carbonyl (C=O) groups excluding carboxylic acids is 1. The third-order valence-electron chi connectivity index (χ3n) is 3.27. The van der Waals surface area contributed by atoms with Crippen molar-refractivity contribution in [3.8, 4) is 0 Å². The highest BCUT2D eigenvalue weighted by molar-refractivity contribution is 7.18. The van der Waals surface area contributed by atoms with Gasteiger partial charge in [0.05, 0.1) is 22.8 Å². The van der Waals surface area contributed by atoms with E-state index in [-0.39, 0.29) is 5.91 Å². The molecule has 108 valence electrons. The minimum atomic E-state index is -0.394. The van der Waals surface area contributed by atoms with Crippen LogP contribution in [-0.2, 0) is 11.3 Å². The van der Waals surface area contributed by atoms with Gasteiger partial charge in [0.2, 0.25) is 5.91 Å². The number of nitrogens with two attached hydrogens (primary N) is 1. The fraction of sp³-hybridized carbons (Fsp3) is 0.467. The van der Waals surface area contributed by atoms with Crippen LogP contribution in [0.15, 0.2) is 24.3 Å². The van der Waals surface area contributed by atoms with Crippen LogP contribution >= 0.6 is 11.3 Å². The summed E-state index contributed by atoms with van der Waals surface area (Å²) < 4.78 is 1.15. The molecule has 0 aliphatic rings. The quantitative estimate of drug-likeness (QED) is 0.890. The average Bonchev–Trinajstić information content (AvgIpc) is 2.85. The molecule has 0 spiro atoms. The smallest absolute Gasteiger partial charge is 0.239 e. The molecule has 20 heavy (non-hydrogen) atoms. The molecule has 0 bridgehead atoms. The topological polar surface area (TPSA) is 59.2 Å². The van der Waals surface area contributed by atoms with E-state index in [9.17, 15) is 4.79 Å². The largest absolute Gasteiger partial charge is 0.338 e. The number of hydrogen-bond acceptors (Lipinski definition) is 4. The fourth-order valence-electron chi connectivity index (χ4n) is 2.10. The second kappa shape index (κ2) is 6.81. The second-order valence-electron chi connectivity index (χ2n) is 5.02. The van der Waals surface area contributed by atoms with Crippen molar-refractivity contribution < 1.29 is 4.79 Å². The predicted molar refractivity (Wildman–Crippen MR) is 83.6 cm³/mol. The molecule has 2 N–H and O–H groups in total. The molecule has 1 atom stereocenters. The van der Waals surface area contributed by atoms with Crippen molar-refractivity contribution in [3.05, 3.63) is 29.3 Å². The Labute approximate surface area is 123 Å². The van der Waals surface area contributed by atoms with E-state index in [2.05, 4.69) is 11.9 Å². The minimum absolute atomic E-state index is 0.00212. The molecule has 1 aromatic carbocycles. The summed E-state index contributed by atoms with van der Waals surface area (Å²) in [4.78, 5) is 18.4. The standard InChI is InChI=1S/C15H21N3OS/c1-3-4-7-11(16)15(19)18(2)10-14-17-12-8-5-6-9-13(12)20-14/h5-6,8-9,11H,3-4,7,10,16H2,1-2H3. The molecule has 0 radical (unpaired) electrons. The van der Waals surface area contributed by atoms with E-state index in [0.717, 1.165) is 34.5 Å². The van der Waals surface area contributed by atoms with Crippen molar-refractivity contribution >= 4 is 27.5 Å². The maximum atomic E-state index is 12.1. The number of thiazole rings is 1. The van der Waals surface area contributed by atoms with Crippen LogP contribution in [-0.4, -0.2) is 28.9 Å². The maximum Gasteiger partial charge on any atom is 0.239 e. The van der Waals surface area contributed by atoms with Crippen LogP contribution in [0.2, 0.25) is 0 Å². The van der Waals surface area contributed by atoms with Crippen molar-refractivity contribution in [2.45, 2.75) is 38.8 Å². The Bertz CT molecular complexity index is 548. The monoisotopic (exact) mass is 291 g/mol. The number of aromatic nitrogens is 1. The Kier molecular flexibility index (Phi) is 5.09. The lowest BCUT2D eigenvalue weighted by atomic mass is 10.1. The molecular formula is C15H21N3OS. The number of nitrogens with zero attached hydrogens (tertiary/aromatic N) is 2.